The molecule has 0 saturated carbocycles. The fraction of sp³-hybridized carbons (Fsp3) is 0.571. The minimum absolute atomic E-state index is 0.649. The van der Waals surface area contributed by atoms with Crippen LogP contribution in [0.3, 0.4) is 0 Å². The van der Waals surface area contributed by atoms with Crippen molar-refractivity contribution in [3.8, 4) is 11.5 Å². The van der Waals surface area contributed by atoms with Gasteiger partial charge in [0.2, 0.25) is 0 Å². The van der Waals surface area contributed by atoms with Crippen LogP contribution in [0, 0.1) is 6.92 Å². The van der Waals surface area contributed by atoms with E-state index in [4.69, 9.17) is 9.47 Å². The molecule has 2 rings (SSSR count). The molecule has 0 spiro atoms. The van der Waals surface area contributed by atoms with E-state index >= 15 is 0 Å². The van der Waals surface area contributed by atoms with E-state index in [1.807, 2.05) is 7.05 Å². The van der Waals surface area contributed by atoms with Gasteiger partial charge in [-0.3, -0.25) is 0 Å². The van der Waals surface area contributed by atoms with Gasteiger partial charge in [0.05, 0.1) is 0 Å². The average molecular weight is 250 g/mol. The summed E-state index contributed by atoms with van der Waals surface area (Å²) in [4.78, 5) is 0. The zero-order chi connectivity index (χ0) is 12.8. The summed E-state index contributed by atoms with van der Waals surface area (Å²) in [6, 6.07) is 4.20. The Hall–Kier alpha value is -1.26. The molecule has 0 aliphatic carbocycles. The number of fused-ring (bicyclic) bond motifs is 1. The fourth-order valence-electron chi connectivity index (χ4n) is 2.06. The second-order valence-corrected chi connectivity index (χ2v) is 4.53. The molecule has 1 aromatic rings. The first kappa shape index (κ1) is 13.2. The largest absolute Gasteiger partial charge is 0.486 e. The number of aryl methyl sites for hydroxylation is 1. The van der Waals surface area contributed by atoms with Gasteiger partial charge >= 0.3 is 0 Å². The van der Waals surface area contributed by atoms with Crippen LogP contribution < -0.4 is 20.1 Å². The van der Waals surface area contributed by atoms with E-state index < -0.39 is 0 Å². The van der Waals surface area contributed by atoms with Crippen LogP contribution in [0.4, 0.5) is 0 Å². The third-order valence-electron chi connectivity index (χ3n) is 3.12. The molecule has 0 amide bonds. The Morgan fingerprint density at radius 3 is 2.50 bits per heavy atom. The van der Waals surface area contributed by atoms with Crippen LogP contribution in [0.15, 0.2) is 12.1 Å². The Bertz CT molecular complexity index is 394. The van der Waals surface area contributed by atoms with Gasteiger partial charge in [0, 0.05) is 13.1 Å². The summed E-state index contributed by atoms with van der Waals surface area (Å²) in [6.07, 6.45) is 1.02. The lowest BCUT2D eigenvalue weighted by Crippen LogP contribution is -2.26. The van der Waals surface area contributed by atoms with Crippen LogP contribution in [0.2, 0.25) is 0 Å². The topological polar surface area (TPSA) is 42.5 Å². The Kier molecular flexibility index (Phi) is 4.84. The molecule has 0 bridgehead atoms. The van der Waals surface area contributed by atoms with Crippen molar-refractivity contribution in [2.24, 2.45) is 0 Å². The van der Waals surface area contributed by atoms with E-state index in [0.29, 0.717) is 13.2 Å². The molecule has 1 aromatic carbocycles. The van der Waals surface area contributed by atoms with E-state index in [-0.39, 0.29) is 0 Å². The first-order valence-corrected chi connectivity index (χ1v) is 6.55. The number of hydrogen-bond acceptors (Lipinski definition) is 4. The molecule has 0 fully saturated rings. The second kappa shape index (κ2) is 6.61. The Balaban J connectivity index is 1.91. The third kappa shape index (κ3) is 3.37. The molecule has 4 nitrogen and oxygen atoms in total. The van der Waals surface area contributed by atoms with Crippen LogP contribution in [-0.2, 0) is 6.42 Å². The summed E-state index contributed by atoms with van der Waals surface area (Å²) in [6.45, 7) is 6.41. The van der Waals surface area contributed by atoms with Crippen LogP contribution in [0.25, 0.3) is 0 Å². The molecule has 100 valence electrons. The molecule has 4 heteroatoms. The maximum atomic E-state index is 5.61. The van der Waals surface area contributed by atoms with Crippen molar-refractivity contribution in [3.05, 3.63) is 23.3 Å². The van der Waals surface area contributed by atoms with Gasteiger partial charge in [-0.25, -0.2) is 0 Å². The van der Waals surface area contributed by atoms with Gasteiger partial charge in [-0.05, 0) is 50.2 Å². The van der Waals surface area contributed by atoms with Gasteiger partial charge in [-0.1, -0.05) is 0 Å². The smallest absolute Gasteiger partial charge is 0.161 e. The summed E-state index contributed by atoms with van der Waals surface area (Å²) >= 11 is 0. The molecule has 0 radical (unpaired) electrons. The molecule has 0 unspecified atom stereocenters. The highest BCUT2D eigenvalue weighted by Crippen LogP contribution is 2.32. The normalized spacial score (nSPS) is 13.7. The predicted molar refractivity (Wildman–Crippen MR) is 72.7 cm³/mol. The molecule has 18 heavy (non-hydrogen) atoms. The van der Waals surface area contributed by atoms with Gasteiger partial charge in [0.15, 0.2) is 11.5 Å². The minimum atomic E-state index is 0.649. The standard InChI is InChI=1S/C14H22N2O2/c1-11-9-13-14(18-8-7-17-13)10-12(11)3-4-16-6-5-15-2/h9-10,15-16H,3-8H2,1-2H3. The maximum absolute atomic E-state index is 5.61. The number of ether oxygens (including phenoxy) is 2. The number of benzene rings is 1. The number of hydrogen-bond donors (Lipinski definition) is 2. The minimum Gasteiger partial charge on any atom is -0.486 e. The fourth-order valence-corrected chi connectivity index (χ4v) is 2.06. The van der Waals surface area contributed by atoms with E-state index in [1.165, 1.54) is 11.1 Å². The highest BCUT2D eigenvalue weighted by molar-refractivity contribution is 5.47. The molecule has 2 N–H and O–H groups in total. The van der Waals surface area contributed by atoms with Gasteiger partial charge in [-0.15, -0.1) is 0 Å². The van der Waals surface area contributed by atoms with E-state index in [1.54, 1.807) is 0 Å². The Morgan fingerprint density at radius 1 is 1.06 bits per heavy atom. The quantitative estimate of drug-likeness (QED) is 0.743. The Morgan fingerprint density at radius 2 is 1.78 bits per heavy atom. The van der Waals surface area contributed by atoms with Crippen LogP contribution in [-0.4, -0.2) is 39.9 Å². The molecule has 0 aromatic heterocycles. The molecular formula is C14H22N2O2. The predicted octanol–water partition coefficient (Wildman–Crippen LogP) is 1.12. The van der Waals surface area contributed by atoms with E-state index in [2.05, 4.69) is 29.7 Å². The lowest BCUT2D eigenvalue weighted by Gasteiger charge is -2.20. The molecule has 1 heterocycles. The van der Waals surface area contributed by atoms with Crippen molar-refractivity contribution in [1.29, 1.82) is 0 Å². The third-order valence-corrected chi connectivity index (χ3v) is 3.12. The molecule has 0 atom stereocenters. The van der Waals surface area contributed by atoms with Crippen molar-refractivity contribution in [2.75, 3.05) is 39.9 Å². The summed E-state index contributed by atoms with van der Waals surface area (Å²) < 4.78 is 11.2. The lowest BCUT2D eigenvalue weighted by atomic mass is 10.0. The number of nitrogens with one attached hydrogen (secondary N) is 2. The monoisotopic (exact) mass is 250 g/mol. The van der Waals surface area contributed by atoms with Crippen molar-refractivity contribution >= 4 is 0 Å². The molecular weight excluding hydrogens is 228 g/mol. The van der Waals surface area contributed by atoms with E-state index in [9.17, 15) is 0 Å². The number of likely N-dealkylation sites (N-methyl/N-ethyl adjacent to an activating group) is 1. The van der Waals surface area contributed by atoms with E-state index in [0.717, 1.165) is 37.6 Å². The van der Waals surface area contributed by atoms with Crippen LogP contribution >= 0.6 is 0 Å². The summed E-state index contributed by atoms with van der Waals surface area (Å²) in [5.74, 6) is 1.77. The second-order valence-electron chi connectivity index (χ2n) is 4.53. The average Bonchev–Trinajstić information content (AvgIpc) is 2.39. The first-order valence-electron chi connectivity index (χ1n) is 6.55. The van der Waals surface area contributed by atoms with Gasteiger partial charge in [0.1, 0.15) is 13.2 Å². The molecule has 0 saturated heterocycles. The zero-order valence-electron chi connectivity index (χ0n) is 11.2. The van der Waals surface area contributed by atoms with Crippen molar-refractivity contribution < 1.29 is 9.47 Å². The summed E-state index contributed by atoms with van der Waals surface area (Å²) in [5, 5.41) is 6.53. The SMILES string of the molecule is CNCCNCCc1cc2c(cc1C)OCCO2. The zero-order valence-corrected chi connectivity index (χ0v) is 11.2. The maximum Gasteiger partial charge on any atom is 0.161 e. The van der Waals surface area contributed by atoms with Gasteiger partial charge in [0.25, 0.3) is 0 Å². The Labute approximate surface area is 109 Å². The highest BCUT2D eigenvalue weighted by atomic mass is 16.6. The van der Waals surface area contributed by atoms with Crippen molar-refractivity contribution in [2.45, 2.75) is 13.3 Å². The highest BCUT2D eigenvalue weighted by Gasteiger charge is 2.13. The summed E-state index contributed by atoms with van der Waals surface area (Å²) in [5.41, 5.74) is 2.60. The summed E-state index contributed by atoms with van der Waals surface area (Å²) in [7, 11) is 1.96. The lowest BCUT2D eigenvalue weighted by molar-refractivity contribution is 0.171. The van der Waals surface area contributed by atoms with Crippen LogP contribution in [0.5, 0.6) is 11.5 Å². The van der Waals surface area contributed by atoms with Crippen molar-refractivity contribution in [1.82, 2.24) is 10.6 Å². The van der Waals surface area contributed by atoms with Gasteiger partial charge < -0.3 is 20.1 Å². The first-order chi connectivity index (χ1) is 8.81. The van der Waals surface area contributed by atoms with Crippen molar-refractivity contribution in [3.63, 3.8) is 0 Å². The van der Waals surface area contributed by atoms with Crippen LogP contribution in [0.1, 0.15) is 11.1 Å². The number of rotatable bonds is 6. The van der Waals surface area contributed by atoms with Gasteiger partial charge in [-0.2, -0.15) is 0 Å². The molecule has 1 aliphatic rings. The molecule has 1 aliphatic heterocycles.